The molecule has 1 aliphatic carbocycles. The van der Waals surface area contributed by atoms with Crippen LogP contribution in [0.15, 0.2) is 28.1 Å². The molecule has 0 saturated carbocycles. The third-order valence-corrected chi connectivity index (χ3v) is 5.53. The smallest absolute Gasteiger partial charge is 0.198 e. The number of benzene rings is 1. The zero-order valence-corrected chi connectivity index (χ0v) is 12.5. The fourth-order valence-electron chi connectivity index (χ4n) is 2.42. The number of nitrogens with zero attached hydrogens (tertiary/aromatic N) is 1. The molecule has 2 atom stereocenters. The fourth-order valence-corrected chi connectivity index (χ4v) is 4.16. The number of rotatable bonds is 1. The van der Waals surface area contributed by atoms with Gasteiger partial charge >= 0.3 is 0 Å². The molecule has 0 radical (unpaired) electrons. The number of sulfone groups is 1. The Morgan fingerprint density at radius 3 is 2.84 bits per heavy atom. The minimum atomic E-state index is -3.29. The maximum atomic E-state index is 11.5. The van der Waals surface area contributed by atoms with E-state index in [1.165, 1.54) is 17.8 Å². The van der Waals surface area contributed by atoms with E-state index in [-0.39, 0.29) is 22.6 Å². The number of hydrogen-bond donors (Lipinski definition) is 2. The second kappa shape index (κ2) is 4.37. The Kier molecular flexibility index (Phi) is 3.37. The van der Waals surface area contributed by atoms with Crippen LogP contribution >= 0.6 is 24.2 Å². The molecular formula is C11H13ClN2O3S2. The van der Waals surface area contributed by atoms with Crippen molar-refractivity contribution in [3.63, 3.8) is 0 Å². The van der Waals surface area contributed by atoms with Crippen LogP contribution in [0.4, 0.5) is 0 Å². The Balaban J connectivity index is 0.00000133. The van der Waals surface area contributed by atoms with Crippen molar-refractivity contribution >= 4 is 39.2 Å². The first-order valence-electron chi connectivity index (χ1n) is 5.38. The largest absolute Gasteiger partial charge is 0.378 e. The molecule has 2 aliphatic rings. The molecule has 3 rings (SSSR count). The summed E-state index contributed by atoms with van der Waals surface area (Å²) < 4.78 is 23.1. The lowest BCUT2D eigenvalue weighted by Gasteiger charge is -2.19. The van der Waals surface area contributed by atoms with Gasteiger partial charge in [-0.25, -0.2) is 13.4 Å². The molecule has 0 bridgehead atoms. The molecule has 0 saturated heterocycles. The van der Waals surface area contributed by atoms with Crippen molar-refractivity contribution < 1.29 is 13.5 Å². The Morgan fingerprint density at radius 1 is 1.53 bits per heavy atom. The Hall–Kier alpha value is -0.760. The van der Waals surface area contributed by atoms with E-state index >= 15 is 0 Å². The summed E-state index contributed by atoms with van der Waals surface area (Å²) in [4.78, 5) is 4.26. The maximum absolute atomic E-state index is 11.5. The summed E-state index contributed by atoms with van der Waals surface area (Å²) in [6.45, 7) is 0. The summed E-state index contributed by atoms with van der Waals surface area (Å²) in [5.74, 6) is 0. The number of thioether (sulfide) groups is 1. The first kappa shape index (κ1) is 14.6. The molecule has 0 aromatic heterocycles. The predicted octanol–water partition coefficient (Wildman–Crippen LogP) is 0.643. The number of aliphatic imine (C=N–C) groups is 1. The third-order valence-electron chi connectivity index (χ3n) is 3.30. The number of amidine groups is 1. The quantitative estimate of drug-likeness (QED) is 0.792. The van der Waals surface area contributed by atoms with Gasteiger partial charge < -0.3 is 10.8 Å². The molecule has 19 heavy (non-hydrogen) atoms. The van der Waals surface area contributed by atoms with Gasteiger partial charge in [-0.05, 0) is 24.1 Å². The van der Waals surface area contributed by atoms with Crippen molar-refractivity contribution in [3.05, 3.63) is 29.3 Å². The first-order chi connectivity index (χ1) is 8.30. The van der Waals surface area contributed by atoms with E-state index in [4.69, 9.17) is 5.73 Å². The highest BCUT2D eigenvalue weighted by molar-refractivity contribution is 8.14. The van der Waals surface area contributed by atoms with Crippen molar-refractivity contribution in [2.45, 2.75) is 22.3 Å². The lowest BCUT2D eigenvalue weighted by atomic mass is 10.1. The molecule has 0 fully saturated rings. The highest BCUT2D eigenvalue weighted by Crippen LogP contribution is 2.48. The van der Waals surface area contributed by atoms with Gasteiger partial charge in [-0.15, -0.1) is 12.4 Å². The molecular weight excluding hydrogens is 308 g/mol. The normalized spacial score (nSPS) is 28.3. The number of nitrogens with two attached hydrogens (primary N) is 1. The highest BCUT2D eigenvalue weighted by atomic mass is 35.5. The van der Waals surface area contributed by atoms with E-state index < -0.39 is 15.6 Å². The van der Waals surface area contributed by atoms with Crippen molar-refractivity contribution in [2.24, 2.45) is 10.7 Å². The monoisotopic (exact) mass is 320 g/mol. The number of halogens is 1. The van der Waals surface area contributed by atoms with Crippen LogP contribution in [0.1, 0.15) is 11.1 Å². The van der Waals surface area contributed by atoms with E-state index in [1.54, 1.807) is 12.1 Å². The topological polar surface area (TPSA) is 92.8 Å². The first-order valence-corrected chi connectivity index (χ1v) is 8.15. The standard InChI is InChI=1S/C11H12N2O3S2.ClH/c1-18(15,16)7-3-2-6-4-9-11(14,8(6)5-7)13-10(12)17-9;/h2-3,5,9,14H,4H2,1H3,(H2,12,13);1H. The minimum absolute atomic E-state index is 0. The van der Waals surface area contributed by atoms with Gasteiger partial charge in [-0.2, -0.15) is 0 Å². The lowest BCUT2D eigenvalue weighted by molar-refractivity contribution is 0.0578. The summed E-state index contributed by atoms with van der Waals surface area (Å²) in [6.07, 6.45) is 1.79. The third kappa shape index (κ3) is 2.14. The van der Waals surface area contributed by atoms with Crippen LogP contribution in [0.2, 0.25) is 0 Å². The van der Waals surface area contributed by atoms with Crippen molar-refractivity contribution in [3.8, 4) is 0 Å². The molecule has 5 nitrogen and oxygen atoms in total. The second-order valence-electron chi connectivity index (χ2n) is 4.58. The second-order valence-corrected chi connectivity index (χ2v) is 7.82. The molecule has 1 heterocycles. The molecule has 3 N–H and O–H groups in total. The van der Waals surface area contributed by atoms with Gasteiger partial charge in [0.05, 0.1) is 10.1 Å². The summed E-state index contributed by atoms with van der Waals surface area (Å²) in [5.41, 5.74) is 5.74. The Labute approximate surface area is 121 Å². The van der Waals surface area contributed by atoms with Crippen molar-refractivity contribution in [1.29, 1.82) is 0 Å². The summed E-state index contributed by atoms with van der Waals surface area (Å²) in [6, 6.07) is 4.82. The minimum Gasteiger partial charge on any atom is -0.378 e. The molecule has 1 aromatic carbocycles. The van der Waals surface area contributed by atoms with Crippen LogP contribution in [0.3, 0.4) is 0 Å². The van der Waals surface area contributed by atoms with Gasteiger partial charge in [0.25, 0.3) is 0 Å². The SMILES string of the molecule is CS(=O)(=O)c1ccc2c(c1)C1(O)N=C(N)SC1C2.Cl. The zero-order valence-electron chi connectivity index (χ0n) is 10.0. The average Bonchev–Trinajstić information content (AvgIpc) is 2.65. The fraction of sp³-hybridized carbons (Fsp3) is 0.364. The number of aliphatic hydroxyl groups is 1. The predicted molar refractivity (Wildman–Crippen MR) is 77.4 cm³/mol. The van der Waals surface area contributed by atoms with E-state index in [9.17, 15) is 13.5 Å². The summed E-state index contributed by atoms with van der Waals surface area (Å²) in [7, 11) is -3.29. The molecule has 8 heteroatoms. The average molecular weight is 321 g/mol. The Bertz CT molecular complexity index is 675. The van der Waals surface area contributed by atoms with Gasteiger partial charge in [0.1, 0.15) is 0 Å². The van der Waals surface area contributed by atoms with Crippen LogP contribution < -0.4 is 5.73 Å². The highest BCUT2D eigenvalue weighted by Gasteiger charge is 2.50. The summed E-state index contributed by atoms with van der Waals surface area (Å²) in [5, 5.41) is 10.8. The molecule has 1 aromatic rings. The molecule has 1 aliphatic heterocycles. The lowest BCUT2D eigenvalue weighted by Crippen LogP contribution is -2.27. The van der Waals surface area contributed by atoms with Gasteiger partial charge in [0.15, 0.2) is 20.7 Å². The van der Waals surface area contributed by atoms with Gasteiger partial charge in [-0.1, -0.05) is 17.8 Å². The van der Waals surface area contributed by atoms with Gasteiger partial charge in [-0.3, -0.25) is 0 Å². The van der Waals surface area contributed by atoms with Crippen LogP contribution in [-0.2, 0) is 22.0 Å². The molecule has 0 amide bonds. The molecule has 0 spiro atoms. The van der Waals surface area contributed by atoms with E-state index in [2.05, 4.69) is 4.99 Å². The Morgan fingerprint density at radius 2 is 2.21 bits per heavy atom. The van der Waals surface area contributed by atoms with Gasteiger partial charge in [0.2, 0.25) is 0 Å². The van der Waals surface area contributed by atoms with Crippen molar-refractivity contribution in [2.75, 3.05) is 6.26 Å². The van der Waals surface area contributed by atoms with Crippen LogP contribution in [0.25, 0.3) is 0 Å². The number of hydrogen-bond acceptors (Lipinski definition) is 6. The van der Waals surface area contributed by atoms with E-state index in [0.717, 1.165) is 11.8 Å². The zero-order chi connectivity index (χ0) is 13.1. The van der Waals surface area contributed by atoms with Crippen LogP contribution in [-0.4, -0.2) is 30.2 Å². The van der Waals surface area contributed by atoms with Crippen LogP contribution in [0.5, 0.6) is 0 Å². The van der Waals surface area contributed by atoms with E-state index in [0.29, 0.717) is 17.2 Å². The van der Waals surface area contributed by atoms with Crippen LogP contribution in [0, 0.1) is 0 Å². The number of fused-ring (bicyclic) bond motifs is 3. The summed E-state index contributed by atoms with van der Waals surface area (Å²) >= 11 is 1.33. The molecule has 2 unspecified atom stereocenters. The van der Waals surface area contributed by atoms with Gasteiger partial charge in [0, 0.05) is 11.8 Å². The maximum Gasteiger partial charge on any atom is 0.198 e. The van der Waals surface area contributed by atoms with Crippen molar-refractivity contribution in [1.82, 2.24) is 0 Å². The molecule has 104 valence electrons. The van der Waals surface area contributed by atoms with E-state index in [1.807, 2.05) is 0 Å².